The minimum atomic E-state index is -0.547. The summed E-state index contributed by atoms with van der Waals surface area (Å²) in [5.74, 6) is -0.266. The van der Waals surface area contributed by atoms with Gasteiger partial charge in [-0.15, -0.1) is 0 Å². The first-order valence-electron chi connectivity index (χ1n) is 7.03. The van der Waals surface area contributed by atoms with E-state index in [1.54, 1.807) is 6.07 Å². The Labute approximate surface area is 131 Å². The lowest BCUT2D eigenvalue weighted by Gasteiger charge is -2.10. The first-order chi connectivity index (χ1) is 11.1. The number of rotatable bonds is 3. The Morgan fingerprint density at radius 2 is 1.74 bits per heavy atom. The maximum atomic E-state index is 13.7. The van der Waals surface area contributed by atoms with E-state index in [0.717, 1.165) is 0 Å². The molecule has 7 heteroatoms. The normalized spacial score (nSPS) is 13.2. The number of benzene rings is 2. The molecule has 0 saturated heterocycles. The van der Waals surface area contributed by atoms with Crippen molar-refractivity contribution in [2.75, 3.05) is 23.7 Å². The van der Waals surface area contributed by atoms with E-state index in [0.29, 0.717) is 35.9 Å². The van der Waals surface area contributed by atoms with Gasteiger partial charge in [0, 0.05) is 23.5 Å². The van der Waals surface area contributed by atoms with Gasteiger partial charge in [-0.05, 0) is 42.5 Å². The Balaban J connectivity index is 1.71. The highest BCUT2D eigenvalue weighted by atomic mass is 19.1. The van der Waals surface area contributed by atoms with Crippen LogP contribution in [0.25, 0.3) is 0 Å². The molecule has 2 aromatic carbocycles. The van der Waals surface area contributed by atoms with Crippen LogP contribution in [0.2, 0.25) is 0 Å². The summed E-state index contributed by atoms with van der Waals surface area (Å²) in [6, 6.07) is 8.98. The number of carbonyl (C=O) groups is 1. The standard InChI is InChI=1S/C16H14F2N4O/c17-11-1-3-13(4-2-11)21-16(23)22-14-8-10(7-12(18)9-14)15-19-5-6-20-15/h1-4,7-9H,5-6H2,(H,19,20)(H2,21,22,23). The number of amides is 2. The molecule has 3 rings (SSSR count). The number of anilines is 2. The van der Waals surface area contributed by atoms with Gasteiger partial charge in [-0.25, -0.2) is 13.6 Å². The molecule has 0 saturated carbocycles. The average molecular weight is 316 g/mol. The number of urea groups is 1. The van der Waals surface area contributed by atoms with E-state index in [1.165, 1.54) is 36.4 Å². The van der Waals surface area contributed by atoms with E-state index in [2.05, 4.69) is 20.9 Å². The largest absolute Gasteiger partial charge is 0.368 e. The van der Waals surface area contributed by atoms with Crippen molar-refractivity contribution < 1.29 is 13.6 Å². The van der Waals surface area contributed by atoms with Crippen LogP contribution in [-0.2, 0) is 0 Å². The summed E-state index contributed by atoms with van der Waals surface area (Å²) in [5.41, 5.74) is 1.30. The van der Waals surface area contributed by atoms with E-state index in [-0.39, 0.29) is 0 Å². The molecule has 0 fully saturated rings. The second-order valence-electron chi connectivity index (χ2n) is 4.97. The molecule has 0 unspecified atom stereocenters. The minimum absolute atomic E-state index is 0.302. The fraction of sp³-hybridized carbons (Fsp3) is 0.125. The number of hydrogen-bond donors (Lipinski definition) is 3. The number of carbonyl (C=O) groups excluding carboxylic acids is 1. The molecule has 0 atom stereocenters. The van der Waals surface area contributed by atoms with Crippen molar-refractivity contribution in [1.29, 1.82) is 0 Å². The molecule has 0 bridgehead atoms. The summed E-state index contributed by atoms with van der Waals surface area (Å²) in [4.78, 5) is 16.1. The van der Waals surface area contributed by atoms with Gasteiger partial charge in [0.25, 0.3) is 0 Å². The maximum absolute atomic E-state index is 13.7. The van der Waals surface area contributed by atoms with Gasteiger partial charge >= 0.3 is 6.03 Å². The molecule has 5 nitrogen and oxygen atoms in total. The van der Waals surface area contributed by atoms with E-state index >= 15 is 0 Å². The van der Waals surface area contributed by atoms with Crippen LogP contribution < -0.4 is 16.0 Å². The van der Waals surface area contributed by atoms with Crippen LogP contribution in [0.3, 0.4) is 0 Å². The van der Waals surface area contributed by atoms with Crippen LogP contribution >= 0.6 is 0 Å². The van der Waals surface area contributed by atoms with E-state index in [1.807, 2.05) is 0 Å². The molecule has 2 amide bonds. The fourth-order valence-corrected chi connectivity index (χ4v) is 2.22. The lowest BCUT2D eigenvalue weighted by atomic mass is 10.1. The van der Waals surface area contributed by atoms with Gasteiger partial charge in [-0.1, -0.05) is 0 Å². The van der Waals surface area contributed by atoms with Gasteiger partial charge in [0.2, 0.25) is 0 Å². The summed E-state index contributed by atoms with van der Waals surface area (Å²) >= 11 is 0. The molecular formula is C16H14F2N4O. The zero-order chi connectivity index (χ0) is 16.2. The van der Waals surface area contributed by atoms with Gasteiger partial charge in [-0.2, -0.15) is 0 Å². The third kappa shape index (κ3) is 3.82. The minimum Gasteiger partial charge on any atom is -0.368 e. The monoisotopic (exact) mass is 316 g/mol. The van der Waals surface area contributed by atoms with Crippen molar-refractivity contribution in [3.8, 4) is 0 Å². The smallest absolute Gasteiger partial charge is 0.323 e. The lowest BCUT2D eigenvalue weighted by molar-refractivity contribution is 0.262. The van der Waals surface area contributed by atoms with Gasteiger partial charge in [0.1, 0.15) is 17.5 Å². The Bertz CT molecular complexity index is 759. The highest BCUT2D eigenvalue weighted by molar-refractivity contribution is 6.03. The molecule has 118 valence electrons. The molecule has 0 spiro atoms. The first-order valence-corrected chi connectivity index (χ1v) is 7.03. The second kappa shape index (κ2) is 6.43. The van der Waals surface area contributed by atoms with Crippen LogP contribution in [0, 0.1) is 11.6 Å². The number of amidine groups is 1. The predicted molar refractivity (Wildman–Crippen MR) is 84.8 cm³/mol. The number of nitrogens with zero attached hydrogens (tertiary/aromatic N) is 1. The molecule has 1 aliphatic heterocycles. The number of aliphatic imine (C=N–C) groups is 1. The Morgan fingerprint density at radius 3 is 2.43 bits per heavy atom. The van der Waals surface area contributed by atoms with Crippen molar-refractivity contribution in [3.63, 3.8) is 0 Å². The summed E-state index contributed by atoms with van der Waals surface area (Å²) in [6.45, 7) is 1.35. The first kappa shape index (κ1) is 15.0. The van der Waals surface area contributed by atoms with Gasteiger partial charge in [-0.3, -0.25) is 4.99 Å². The second-order valence-corrected chi connectivity index (χ2v) is 4.97. The maximum Gasteiger partial charge on any atom is 0.323 e. The Kier molecular flexibility index (Phi) is 4.18. The van der Waals surface area contributed by atoms with E-state index in [9.17, 15) is 13.6 Å². The molecule has 3 N–H and O–H groups in total. The van der Waals surface area contributed by atoms with Gasteiger partial charge in [0.05, 0.1) is 6.54 Å². The quantitative estimate of drug-likeness (QED) is 0.815. The molecule has 0 radical (unpaired) electrons. The summed E-state index contributed by atoms with van der Waals surface area (Å²) in [6.07, 6.45) is 0. The predicted octanol–water partition coefficient (Wildman–Crippen LogP) is 2.96. The highest BCUT2D eigenvalue weighted by Crippen LogP contribution is 2.16. The van der Waals surface area contributed by atoms with Crippen LogP contribution in [0.15, 0.2) is 47.5 Å². The number of hydrogen-bond acceptors (Lipinski definition) is 3. The Hall–Kier alpha value is -2.96. The molecule has 2 aromatic rings. The molecular weight excluding hydrogens is 302 g/mol. The van der Waals surface area contributed by atoms with Crippen molar-refractivity contribution in [2.45, 2.75) is 0 Å². The summed E-state index contributed by atoms with van der Waals surface area (Å²) in [5, 5.41) is 8.13. The lowest BCUT2D eigenvalue weighted by Crippen LogP contribution is -2.22. The van der Waals surface area contributed by atoms with Crippen molar-refractivity contribution in [2.24, 2.45) is 4.99 Å². The molecule has 23 heavy (non-hydrogen) atoms. The average Bonchev–Trinajstić information content (AvgIpc) is 3.03. The van der Waals surface area contributed by atoms with Crippen LogP contribution in [0.5, 0.6) is 0 Å². The topological polar surface area (TPSA) is 65.5 Å². The van der Waals surface area contributed by atoms with E-state index in [4.69, 9.17) is 0 Å². The highest BCUT2D eigenvalue weighted by Gasteiger charge is 2.12. The third-order valence-corrected chi connectivity index (χ3v) is 3.21. The van der Waals surface area contributed by atoms with Crippen molar-refractivity contribution >= 4 is 23.2 Å². The van der Waals surface area contributed by atoms with Crippen LogP contribution in [-0.4, -0.2) is 25.0 Å². The van der Waals surface area contributed by atoms with Crippen LogP contribution in [0.4, 0.5) is 25.0 Å². The van der Waals surface area contributed by atoms with E-state index < -0.39 is 17.7 Å². The van der Waals surface area contributed by atoms with Crippen molar-refractivity contribution in [3.05, 3.63) is 59.7 Å². The third-order valence-electron chi connectivity index (χ3n) is 3.21. The zero-order valence-electron chi connectivity index (χ0n) is 12.1. The number of nitrogens with one attached hydrogen (secondary N) is 3. The summed E-state index contributed by atoms with van der Waals surface area (Å²) in [7, 11) is 0. The number of halogens is 2. The van der Waals surface area contributed by atoms with Gasteiger partial charge < -0.3 is 16.0 Å². The van der Waals surface area contributed by atoms with Crippen molar-refractivity contribution in [1.82, 2.24) is 5.32 Å². The molecule has 0 aromatic heterocycles. The molecule has 0 aliphatic carbocycles. The SMILES string of the molecule is O=C(Nc1ccc(F)cc1)Nc1cc(F)cc(C2=NCCN2)c1. The van der Waals surface area contributed by atoms with Gasteiger partial charge in [0.15, 0.2) is 0 Å². The molecule has 1 aliphatic rings. The van der Waals surface area contributed by atoms with Crippen LogP contribution in [0.1, 0.15) is 5.56 Å². The summed E-state index contributed by atoms with van der Waals surface area (Å²) < 4.78 is 26.5. The fourth-order valence-electron chi connectivity index (χ4n) is 2.22. The Morgan fingerprint density at radius 1 is 1.00 bits per heavy atom. The molecule has 1 heterocycles. The zero-order valence-corrected chi connectivity index (χ0v) is 12.1.